The standard InChI is InChI=1S/C13H26N2S/c1-10(11-6-7-11)15(4)9-5-8-13(2,3)12(14)16/h10-11H,5-9H2,1-4H3,(H2,14,16). The highest BCUT2D eigenvalue weighted by Crippen LogP contribution is 2.34. The van der Waals surface area contributed by atoms with Crippen LogP contribution in [-0.4, -0.2) is 29.5 Å². The van der Waals surface area contributed by atoms with Gasteiger partial charge in [0.05, 0.1) is 4.99 Å². The summed E-state index contributed by atoms with van der Waals surface area (Å²) in [4.78, 5) is 3.12. The van der Waals surface area contributed by atoms with Gasteiger partial charge >= 0.3 is 0 Å². The normalized spacial score (nSPS) is 18.8. The third-order valence-electron chi connectivity index (χ3n) is 3.98. The molecule has 0 aromatic rings. The second-order valence-electron chi connectivity index (χ2n) is 5.91. The Kier molecular flexibility index (Phi) is 4.74. The Labute approximate surface area is 106 Å². The molecule has 2 nitrogen and oxygen atoms in total. The second-order valence-corrected chi connectivity index (χ2v) is 6.35. The Hall–Kier alpha value is -0.150. The average molecular weight is 242 g/mol. The molecular weight excluding hydrogens is 216 g/mol. The van der Waals surface area contributed by atoms with Gasteiger partial charge in [-0.2, -0.15) is 0 Å². The largest absolute Gasteiger partial charge is 0.393 e. The van der Waals surface area contributed by atoms with Crippen molar-refractivity contribution in [3.63, 3.8) is 0 Å². The number of nitrogens with zero attached hydrogens (tertiary/aromatic N) is 1. The minimum absolute atomic E-state index is 0.0129. The molecule has 16 heavy (non-hydrogen) atoms. The summed E-state index contributed by atoms with van der Waals surface area (Å²) in [6, 6.07) is 0.743. The van der Waals surface area contributed by atoms with Crippen LogP contribution in [0.4, 0.5) is 0 Å². The van der Waals surface area contributed by atoms with Crippen LogP contribution >= 0.6 is 12.2 Å². The second kappa shape index (κ2) is 5.46. The van der Waals surface area contributed by atoms with Crippen LogP contribution in [0, 0.1) is 11.3 Å². The van der Waals surface area contributed by atoms with Crippen LogP contribution in [0.2, 0.25) is 0 Å². The Morgan fingerprint density at radius 2 is 2.06 bits per heavy atom. The quantitative estimate of drug-likeness (QED) is 0.696. The van der Waals surface area contributed by atoms with Gasteiger partial charge in [-0.15, -0.1) is 0 Å². The van der Waals surface area contributed by atoms with Crippen molar-refractivity contribution in [1.29, 1.82) is 0 Å². The molecule has 0 aromatic carbocycles. The van der Waals surface area contributed by atoms with E-state index in [9.17, 15) is 0 Å². The van der Waals surface area contributed by atoms with E-state index in [0.717, 1.165) is 24.9 Å². The summed E-state index contributed by atoms with van der Waals surface area (Å²) in [6.45, 7) is 7.78. The molecule has 0 bridgehead atoms. The molecule has 0 saturated heterocycles. The molecule has 1 unspecified atom stereocenters. The molecule has 0 radical (unpaired) electrons. The number of hydrogen-bond donors (Lipinski definition) is 1. The Bertz CT molecular complexity index is 246. The molecule has 1 aliphatic rings. The average Bonchev–Trinajstić information content (AvgIpc) is 2.99. The van der Waals surface area contributed by atoms with Crippen molar-refractivity contribution in [3.05, 3.63) is 0 Å². The van der Waals surface area contributed by atoms with Gasteiger partial charge in [-0.3, -0.25) is 0 Å². The highest BCUT2D eigenvalue weighted by molar-refractivity contribution is 7.80. The van der Waals surface area contributed by atoms with Crippen LogP contribution in [0.3, 0.4) is 0 Å². The minimum atomic E-state index is 0.0129. The van der Waals surface area contributed by atoms with Crippen molar-refractivity contribution in [2.45, 2.75) is 52.5 Å². The van der Waals surface area contributed by atoms with E-state index < -0.39 is 0 Å². The van der Waals surface area contributed by atoms with Gasteiger partial charge in [-0.05, 0) is 52.1 Å². The monoisotopic (exact) mass is 242 g/mol. The Morgan fingerprint density at radius 3 is 2.50 bits per heavy atom. The molecule has 94 valence electrons. The molecule has 0 heterocycles. The number of rotatable bonds is 7. The van der Waals surface area contributed by atoms with Crippen molar-refractivity contribution in [2.24, 2.45) is 17.1 Å². The fraction of sp³-hybridized carbons (Fsp3) is 0.923. The van der Waals surface area contributed by atoms with Crippen molar-refractivity contribution < 1.29 is 0 Å². The molecule has 1 aliphatic carbocycles. The van der Waals surface area contributed by atoms with E-state index in [-0.39, 0.29) is 5.41 Å². The molecule has 1 atom stereocenters. The molecular formula is C13H26N2S. The smallest absolute Gasteiger partial charge is 0.0784 e. The zero-order chi connectivity index (χ0) is 12.3. The van der Waals surface area contributed by atoms with Crippen molar-refractivity contribution in [1.82, 2.24) is 4.90 Å². The number of nitrogens with two attached hydrogens (primary N) is 1. The molecule has 0 amide bonds. The lowest BCUT2D eigenvalue weighted by molar-refractivity contribution is 0.223. The predicted octanol–water partition coefficient (Wildman–Crippen LogP) is 2.81. The summed E-state index contributed by atoms with van der Waals surface area (Å²) in [6.07, 6.45) is 5.11. The van der Waals surface area contributed by atoms with Gasteiger partial charge in [0.25, 0.3) is 0 Å². The van der Waals surface area contributed by atoms with Crippen molar-refractivity contribution in [2.75, 3.05) is 13.6 Å². The van der Waals surface area contributed by atoms with Gasteiger partial charge in [0.15, 0.2) is 0 Å². The molecule has 1 saturated carbocycles. The summed E-state index contributed by atoms with van der Waals surface area (Å²) in [5, 5.41) is 0. The summed E-state index contributed by atoms with van der Waals surface area (Å²) < 4.78 is 0. The summed E-state index contributed by atoms with van der Waals surface area (Å²) in [7, 11) is 2.23. The van der Waals surface area contributed by atoms with Crippen LogP contribution in [0.15, 0.2) is 0 Å². The van der Waals surface area contributed by atoms with Gasteiger partial charge in [-0.25, -0.2) is 0 Å². The van der Waals surface area contributed by atoms with Crippen LogP contribution in [0.1, 0.15) is 46.5 Å². The summed E-state index contributed by atoms with van der Waals surface area (Å²) >= 11 is 5.08. The van der Waals surface area contributed by atoms with Crippen LogP contribution in [-0.2, 0) is 0 Å². The highest BCUT2D eigenvalue weighted by atomic mass is 32.1. The van der Waals surface area contributed by atoms with E-state index in [1.807, 2.05) is 0 Å². The zero-order valence-electron chi connectivity index (χ0n) is 11.1. The van der Waals surface area contributed by atoms with Crippen molar-refractivity contribution in [3.8, 4) is 0 Å². The molecule has 2 N–H and O–H groups in total. The van der Waals surface area contributed by atoms with Crippen LogP contribution in [0.25, 0.3) is 0 Å². The fourth-order valence-corrected chi connectivity index (χ4v) is 2.14. The SMILES string of the molecule is CC(C1CC1)N(C)CCCC(C)(C)C(N)=S. The summed E-state index contributed by atoms with van der Waals surface area (Å²) in [5.41, 5.74) is 5.74. The fourth-order valence-electron chi connectivity index (χ4n) is 2.04. The van der Waals surface area contributed by atoms with Gasteiger partial charge in [-0.1, -0.05) is 26.1 Å². The van der Waals surface area contributed by atoms with E-state index in [4.69, 9.17) is 18.0 Å². The first kappa shape index (κ1) is 13.9. The third kappa shape index (κ3) is 4.02. The summed E-state index contributed by atoms with van der Waals surface area (Å²) in [5.74, 6) is 0.952. The lowest BCUT2D eigenvalue weighted by atomic mass is 9.88. The van der Waals surface area contributed by atoms with E-state index in [0.29, 0.717) is 4.99 Å². The highest BCUT2D eigenvalue weighted by Gasteiger charge is 2.30. The minimum Gasteiger partial charge on any atom is -0.393 e. The topological polar surface area (TPSA) is 29.3 Å². The van der Waals surface area contributed by atoms with Gasteiger partial charge in [0, 0.05) is 11.5 Å². The first-order chi connectivity index (χ1) is 7.34. The maximum absolute atomic E-state index is 5.72. The maximum Gasteiger partial charge on any atom is 0.0784 e. The van der Waals surface area contributed by atoms with E-state index in [1.165, 1.54) is 19.3 Å². The molecule has 0 aromatic heterocycles. The first-order valence-corrected chi connectivity index (χ1v) is 6.75. The van der Waals surface area contributed by atoms with E-state index in [1.54, 1.807) is 0 Å². The maximum atomic E-state index is 5.72. The van der Waals surface area contributed by atoms with Gasteiger partial charge in [0.1, 0.15) is 0 Å². The molecule has 3 heteroatoms. The lowest BCUT2D eigenvalue weighted by Gasteiger charge is -2.27. The lowest BCUT2D eigenvalue weighted by Crippen LogP contribution is -2.34. The van der Waals surface area contributed by atoms with Gasteiger partial charge in [0.2, 0.25) is 0 Å². The predicted molar refractivity (Wildman–Crippen MR) is 74.6 cm³/mol. The number of hydrogen-bond acceptors (Lipinski definition) is 2. The van der Waals surface area contributed by atoms with Crippen LogP contribution in [0.5, 0.6) is 0 Å². The molecule has 0 aliphatic heterocycles. The Balaban J connectivity index is 2.21. The van der Waals surface area contributed by atoms with Crippen molar-refractivity contribution >= 4 is 17.2 Å². The Morgan fingerprint density at radius 1 is 1.50 bits per heavy atom. The van der Waals surface area contributed by atoms with Gasteiger partial charge < -0.3 is 10.6 Å². The van der Waals surface area contributed by atoms with Crippen LogP contribution < -0.4 is 5.73 Å². The zero-order valence-corrected chi connectivity index (χ0v) is 11.9. The third-order valence-corrected chi connectivity index (χ3v) is 4.53. The number of thiocarbonyl (C=S) groups is 1. The molecule has 0 spiro atoms. The molecule has 1 fully saturated rings. The molecule has 1 rings (SSSR count). The van der Waals surface area contributed by atoms with E-state index >= 15 is 0 Å². The first-order valence-electron chi connectivity index (χ1n) is 6.35. The van der Waals surface area contributed by atoms with E-state index in [2.05, 4.69) is 32.7 Å².